The summed E-state index contributed by atoms with van der Waals surface area (Å²) < 4.78 is 5.26. The lowest BCUT2D eigenvalue weighted by atomic mass is 9.95. The predicted molar refractivity (Wildman–Crippen MR) is 109 cm³/mol. The number of H-pyrrole nitrogens is 1. The highest BCUT2D eigenvalue weighted by atomic mass is 32.1. The average molecular weight is 412 g/mol. The molecule has 29 heavy (non-hydrogen) atoms. The zero-order valence-electron chi connectivity index (χ0n) is 15.8. The lowest BCUT2D eigenvalue weighted by Crippen LogP contribution is -2.43. The van der Waals surface area contributed by atoms with Crippen LogP contribution in [0.4, 0.5) is 5.13 Å². The van der Waals surface area contributed by atoms with E-state index < -0.39 is 5.56 Å². The van der Waals surface area contributed by atoms with Gasteiger partial charge >= 0.3 is 0 Å². The van der Waals surface area contributed by atoms with Gasteiger partial charge in [-0.25, -0.2) is 4.98 Å². The molecule has 150 valence electrons. The van der Waals surface area contributed by atoms with Gasteiger partial charge in [0.05, 0.1) is 17.7 Å². The third kappa shape index (κ3) is 4.14. The molecule has 0 unspecified atom stereocenters. The number of likely N-dealkylation sites (tertiary alicyclic amines) is 1. The largest absolute Gasteiger partial charge is 0.463 e. The van der Waals surface area contributed by atoms with Gasteiger partial charge in [0, 0.05) is 24.4 Å². The first-order valence-electron chi connectivity index (χ1n) is 9.31. The summed E-state index contributed by atoms with van der Waals surface area (Å²) in [6, 6.07) is 6.63. The highest BCUT2D eigenvalue weighted by Crippen LogP contribution is 2.22. The van der Waals surface area contributed by atoms with E-state index in [4.69, 9.17) is 4.42 Å². The van der Waals surface area contributed by atoms with Crippen LogP contribution in [0.1, 0.15) is 28.9 Å². The van der Waals surface area contributed by atoms with E-state index in [1.54, 1.807) is 23.1 Å². The number of thiazole rings is 1. The molecule has 0 spiro atoms. The number of carbonyl (C=O) groups excluding carboxylic acids is 2. The first-order valence-corrected chi connectivity index (χ1v) is 10.2. The van der Waals surface area contributed by atoms with Crippen LogP contribution in [-0.4, -0.2) is 39.8 Å². The maximum absolute atomic E-state index is 12.8. The molecule has 0 radical (unpaired) electrons. The number of amides is 2. The number of anilines is 1. The fourth-order valence-electron chi connectivity index (χ4n) is 3.35. The van der Waals surface area contributed by atoms with E-state index in [-0.39, 0.29) is 23.3 Å². The number of hydrogen-bond donors (Lipinski definition) is 2. The van der Waals surface area contributed by atoms with Gasteiger partial charge in [0.1, 0.15) is 11.3 Å². The summed E-state index contributed by atoms with van der Waals surface area (Å²) in [6.45, 7) is 2.72. The smallest absolute Gasteiger partial charge is 0.261 e. The molecule has 1 fully saturated rings. The Morgan fingerprint density at radius 3 is 2.69 bits per heavy atom. The molecular weight excluding hydrogens is 392 g/mol. The van der Waals surface area contributed by atoms with Crippen molar-refractivity contribution in [2.24, 2.45) is 5.92 Å². The number of piperidine rings is 1. The fraction of sp³-hybridized carbons (Fsp3) is 0.300. The summed E-state index contributed by atoms with van der Waals surface area (Å²) >= 11 is 1.39. The second-order valence-corrected chi connectivity index (χ2v) is 7.80. The van der Waals surface area contributed by atoms with Gasteiger partial charge in [-0.3, -0.25) is 14.4 Å². The van der Waals surface area contributed by atoms with E-state index in [0.717, 1.165) is 5.69 Å². The molecule has 0 atom stereocenters. The standard InChI is InChI=1S/C20H20N4O4S/c1-12-11-29-20(21-12)23-17(25)13-6-8-24(9-7-13)19(27)14-4-5-15(22-18(14)26)16-3-2-10-28-16/h2-5,10-11,13H,6-9H2,1H3,(H,22,26)(H,21,23,25). The van der Waals surface area contributed by atoms with Crippen LogP contribution < -0.4 is 10.9 Å². The highest BCUT2D eigenvalue weighted by Gasteiger charge is 2.29. The molecule has 0 saturated carbocycles. The molecule has 4 heterocycles. The van der Waals surface area contributed by atoms with Gasteiger partial charge in [-0.2, -0.15) is 0 Å². The first-order chi connectivity index (χ1) is 14.0. The van der Waals surface area contributed by atoms with Crippen molar-refractivity contribution in [2.75, 3.05) is 18.4 Å². The van der Waals surface area contributed by atoms with Crippen molar-refractivity contribution in [1.82, 2.24) is 14.9 Å². The quantitative estimate of drug-likeness (QED) is 0.685. The van der Waals surface area contributed by atoms with Gasteiger partial charge in [0.15, 0.2) is 5.13 Å². The molecule has 0 aromatic carbocycles. The Morgan fingerprint density at radius 1 is 1.28 bits per heavy atom. The van der Waals surface area contributed by atoms with Crippen LogP contribution >= 0.6 is 11.3 Å². The van der Waals surface area contributed by atoms with Crippen LogP contribution in [0.3, 0.4) is 0 Å². The van der Waals surface area contributed by atoms with E-state index in [9.17, 15) is 14.4 Å². The maximum atomic E-state index is 12.8. The summed E-state index contributed by atoms with van der Waals surface area (Å²) in [4.78, 5) is 46.1. The van der Waals surface area contributed by atoms with Crippen LogP contribution in [0.2, 0.25) is 0 Å². The Morgan fingerprint density at radius 2 is 2.07 bits per heavy atom. The Labute approximate surface area is 170 Å². The van der Waals surface area contributed by atoms with Crippen molar-refractivity contribution in [1.29, 1.82) is 0 Å². The molecule has 1 aliphatic rings. The number of nitrogens with zero attached hydrogens (tertiary/aromatic N) is 2. The SMILES string of the molecule is Cc1csc(NC(=O)C2CCN(C(=O)c3ccc(-c4ccco4)[nH]c3=O)CC2)n1. The molecule has 2 N–H and O–H groups in total. The zero-order chi connectivity index (χ0) is 20.4. The number of pyridine rings is 1. The molecule has 2 amide bonds. The molecule has 0 bridgehead atoms. The number of nitrogens with one attached hydrogen (secondary N) is 2. The van der Waals surface area contributed by atoms with E-state index in [2.05, 4.69) is 15.3 Å². The second-order valence-electron chi connectivity index (χ2n) is 6.94. The van der Waals surface area contributed by atoms with E-state index >= 15 is 0 Å². The number of furan rings is 1. The average Bonchev–Trinajstić information content (AvgIpc) is 3.39. The topological polar surface area (TPSA) is 108 Å². The van der Waals surface area contributed by atoms with Gasteiger partial charge in [-0.1, -0.05) is 0 Å². The van der Waals surface area contributed by atoms with Gasteiger partial charge in [-0.15, -0.1) is 11.3 Å². The van der Waals surface area contributed by atoms with Crippen molar-refractivity contribution in [3.63, 3.8) is 0 Å². The molecule has 0 aliphatic carbocycles. The number of aromatic amines is 1. The molecule has 4 rings (SSSR count). The molecule has 8 nitrogen and oxygen atoms in total. The molecule has 1 saturated heterocycles. The number of rotatable bonds is 4. The van der Waals surface area contributed by atoms with Crippen LogP contribution in [0.15, 0.2) is 45.1 Å². The summed E-state index contributed by atoms with van der Waals surface area (Å²) in [7, 11) is 0. The lowest BCUT2D eigenvalue weighted by molar-refractivity contribution is -0.121. The predicted octanol–water partition coefficient (Wildman–Crippen LogP) is 2.89. The second kappa shape index (κ2) is 8.04. The van der Waals surface area contributed by atoms with Gasteiger partial charge < -0.3 is 19.6 Å². The Bertz CT molecular complexity index is 1080. The van der Waals surface area contributed by atoms with Crippen molar-refractivity contribution in [3.8, 4) is 11.5 Å². The molecule has 9 heteroatoms. The third-order valence-corrected chi connectivity index (χ3v) is 5.80. The number of aromatic nitrogens is 2. The van der Waals surface area contributed by atoms with E-state index in [1.807, 2.05) is 12.3 Å². The third-order valence-electron chi connectivity index (χ3n) is 4.93. The Balaban J connectivity index is 1.37. The number of hydrogen-bond acceptors (Lipinski definition) is 6. The summed E-state index contributed by atoms with van der Waals surface area (Å²) in [5.41, 5.74) is 1.02. The van der Waals surface area contributed by atoms with Crippen LogP contribution in [-0.2, 0) is 4.79 Å². The molecule has 3 aromatic heterocycles. The summed E-state index contributed by atoms with van der Waals surface area (Å²) in [5.74, 6) is -0.0510. The van der Waals surface area contributed by atoms with Crippen molar-refractivity contribution < 1.29 is 14.0 Å². The van der Waals surface area contributed by atoms with Gasteiger partial charge in [0.25, 0.3) is 11.5 Å². The minimum absolute atomic E-state index is 0.0768. The van der Waals surface area contributed by atoms with Gasteiger partial charge in [0.2, 0.25) is 5.91 Å². The highest BCUT2D eigenvalue weighted by molar-refractivity contribution is 7.13. The Hall–Kier alpha value is -3.20. The van der Waals surface area contributed by atoms with Crippen molar-refractivity contribution in [2.45, 2.75) is 19.8 Å². The molecular formula is C20H20N4O4S. The Kier molecular flexibility index (Phi) is 5.30. The maximum Gasteiger partial charge on any atom is 0.261 e. The summed E-state index contributed by atoms with van der Waals surface area (Å²) in [6.07, 6.45) is 2.61. The van der Waals surface area contributed by atoms with E-state index in [1.165, 1.54) is 23.7 Å². The first kappa shape index (κ1) is 19.1. The monoisotopic (exact) mass is 412 g/mol. The number of carbonyl (C=O) groups is 2. The fourth-order valence-corrected chi connectivity index (χ4v) is 4.04. The van der Waals surface area contributed by atoms with Crippen molar-refractivity contribution >= 4 is 28.3 Å². The lowest BCUT2D eigenvalue weighted by Gasteiger charge is -2.31. The summed E-state index contributed by atoms with van der Waals surface area (Å²) in [5, 5.41) is 5.31. The van der Waals surface area contributed by atoms with Crippen LogP contribution in [0.5, 0.6) is 0 Å². The van der Waals surface area contributed by atoms with Gasteiger partial charge in [-0.05, 0) is 44.0 Å². The van der Waals surface area contributed by atoms with E-state index in [0.29, 0.717) is 42.5 Å². The van der Waals surface area contributed by atoms with Crippen LogP contribution in [0, 0.1) is 12.8 Å². The van der Waals surface area contributed by atoms with Crippen molar-refractivity contribution in [3.05, 3.63) is 57.5 Å². The van der Waals surface area contributed by atoms with Crippen LogP contribution in [0.25, 0.3) is 11.5 Å². The number of aryl methyl sites for hydroxylation is 1. The normalized spacial score (nSPS) is 14.7. The zero-order valence-corrected chi connectivity index (χ0v) is 16.6. The minimum atomic E-state index is -0.456. The minimum Gasteiger partial charge on any atom is -0.463 e. The molecule has 1 aliphatic heterocycles. The molecule has 3 aromatic rings.